The summed E-state index contributed by atoms with van der Waals surface area (Å²) in [5.41, 5.74) is 1.21. The van der Waals surface area contributed by atoms with Crippen LogP contribution in [-0.4, -0.2) is 26.6 Å². The molecule has 6 heteroatoms. The van der Waals surface area contributed by atoms with Crippen LogP contribution in [-0.2, 0) is 11.8 Å². The molecule has 1 aromatic rings. The molecule has 1 rings (SSSR count). The molecule has 15 heavy (non-hydrogen) atoms. The van der Waals surface area contributed by atoms with Gasteiger partial charge >= 0.3 is 5.97 Å². The van der Waals surface area contributed by atoms with Crippen LogP contribution in [0.4, 0.5) is 0 Å². The van der Waals surface area contributed by atoms with E-state index >= 15 is 0 Å². The normalized spacial score (nSPS) is 9.93. The number of hydrogen-bond acceptors (Lipinski definition) is 4. The minimum Gasteiger partial charge on any atom is -0.481 e. The fraction of sp³-hybridized carbons (Fsp3) is 0.444. The molecule has 0 radical (unpaired) electrons. The van der Waals surface area contributed by atoms with E-state index in [0.29, 0.717) is 17.0 Å². The summed E-state index contributed by atoms with van der Waals surface area (Å²) in [6, 6.07) is 2.07. The van der Waals surface area contributed by atoms with E-state index in [4.69, 9.17) is 10.4 Å². The van der Waals surface area contributed by atoms with Crippen LogP contribution in [0.15, 0.2) is 5.03 Å². The van der Waals surface area contributed by atoms with Crippen molar-refractivity contribution in [2.75, 3.05) is 5.75 Å². The minimum atomic E-state index is -0.833. The van der Waals surface area contributed by atoms with E-state index in [1.807, 2.05) is 0 Å². The Bertz CT molecular complexity index is 420. The predicted octanol–water partition coefficient (Wildman–Crippen LogP) is 1.17. The molecule has 1 heterocycles. The molecule has 0 amide bonds. The summed E-state index contributed by atoms with van der Waals surface area (Å²) in [5, 5.41) is 22.2. The zero-order valence-electron chi connectivity index (χ0n) is 8.52. The van der Waals surface area contributed by atoms with Crippen molar-refractivity contribution in [3.8, 4) is 6.07 Å². The van der Waals surface area contributed by atoms with Gasteiger partial charge in [-0.1, -0.05) is 0 Å². The molecule has 0 aliphatic heterocycles. The Morgan fingerprint density at radius 2 is 2.40 bits per heavy atom. The number of hydrogen-bond donors (Lipinski definition) is 1. The molecule has 0 bridgehead atoms. The molecule has 0 aliphatic rings. The van der Waals surface area contributed by atoms with E-state index in [-0.39, 0.29) is 6.42 Å². The second-order valence-electron chi connectivity index (χ2n) is 2.99. The summed E-state index contributed by atoms with van der Waals surface area (Å²) in [6.45, 7) is 1.76. The van der Waals surface area contributed by atoms with Crippen LogP contribution in [0.1, 0.15) is 17.7 Å². The lowest BCUT2D eigenvalue weighted by Gasteiger charge is -2.00. The smallest absolute Gasteiger partial charge is 0.304 e. The Balaban J connectivity index is 2.76. The molecule has 1 N–H and O–H groups in total. The number of aromatic nitrogens is 2. The van der Waals surface area contributed by atoms with Gasteiger partial charge in [0, 0.05) is 12.8 Å². The summed E-state index contributed by atoms with van der Waals surface area (Å²) in [7, 11) is 1.75. The fourth-order valence-corrected chi connectivity index (χ4v) is 2.20. The number of aryl methyl sites for hydroxylation is 2. The number of rotatable bonds is 4. The summed E-state index contributed by atoms with van der Waals surface area (Å²) in [4.78, 5) is 10.3. The molecule has 0 spiro atoms. The van der Waals surface area contributed by atoms with Gasteiger partial charge in [0.2, 0.25) is 0 Å². The highest BCUT2D eigenvalue weighted by Crippen LogP contribution is 2.24. The van der Waals surface area contributed by atoms with Crippen molar-refractivity contribution in [2.24, 2.45) is 7.05 Å². The Kier molecular flexibility index (Phi) is 3.74. The van der Waals surface area contributed by atoms with Gasteiger partial charge < -0.3 is 5.11 Å². The Hall–Kier alpha value is -1.48. The molecule has 0 unspecified atom stereocenters. The van der Waals surface area contributed by atoms with Gasteiger partial charge in [0.15, 0.2) is 0 Å². The van der Waals surface area contributed by atoms with Crippen LogP contribution in [0.25, 0.3) is 0 Å². The van der Waals surface area contributed by atoms with E-state index < -0.39 is 5.97 Å². The maximum absolute atomic E-state index is 10.3. The van der Waals surface area contributed by atoms with Gasteiger partial charge in [-0.25, -0.2) is 0 Å². The third-order valence-electron chi connectivity index (χ3n) is 1.84. The van der Waals surface area contributed by atoms with E-state index in [2.05, 4.69) is 11.2 Å². The Morgan fingerprint density at radius 1 is 1.73 bits per heavy atom. The standard InChI is InChI=1S/C9H11N3O2S/c1-6-7(5-10)9(12(2)11-6)15-4-3-8(13)14/h3-4H2,1-2H3,(H,13,14). The van der Waals surface area contributed by atoms with Crippen LogP contribution < -0.4 is 0 Å². The Morgan fingerprint density at radius 3 is 2.93 bits per heavy atom. The van der Waals surface area contributed by atoms with Gasteiger partial charge in [-0.2, -0.15) is 10.4 Å². The van der Waals surface area contributed by atoms with Gasteiger partial charge in [0.25, 0.3) is 0 Å². The summed E-state index contributed by atoms with van der Waals surface area (Å²) >= 11 is 1.34. The quantitative estimate of drug-likeness (QED) is 0.778. The van der Waals surface area contributed by atoms with E-state index in [9.17, 15) is 4.79 Å². The summed E-state index contributed by atoms with van der Waals surface area (Å²) in [5.74, 6) is -0.386. The average molecular weight is 225 g/mol. The maximum atomic E-state index is 10.3. The lowest BCUT2D eigenvalue weighted by atomic mass is 10.3. The van der Waals surface area contributed by atoms with Crippen molar-refractivity contribution in [3.63, 3.8) is 0 Å². The highest BCUT2D eigenvalue weighted by Gasteiger charge is 2.13. The van der Waals surface area contributed by atoms with Gasteiger partial charge in [-0.05, 0) is 6.92 Å². The molecule has 1 aromatic heterocycles. The van der Waals surface area contributed by atoms with E-state index in [1.54, 1.807) is 18.7 Å². The average Bonchev–Trinajstić information content (AvgIpc) is 2.41. The number of carboxylic acids is 1. The van der Waals surface area contributed by atoms with Gasteiger partial charge in [0.1, 0.15) is 16.7 Å². The number of aliphatic carboxylic acids is 1. The summed E-state index contributed by atoms with van der Waals surface area (Å²) < 4.78 is 1.61. The molecule has 0 fully saturated rings. The fourth-order valence-electron chi connectivity index (χ4n) is 1.17. The molecule has 0 saturated carbocycles. The highest BCUT2D eigenvalue weighted by atomic mass is 32.2. The molecular formula is C9H11N3O2S. The van der Waals surface area contributed by atoms with Gasteiger partial charge in [-0.15, -0.1) is 11.8 Å². The highest BCUT2D eigenvalue weighted by molar-refractivity contribution is 7.99. The molecular weight excluding hydrogens is 214 g/mol. The first-order valence-corrected chi connectivity index (χ1v) is 5.33. The van der Waals surface area contributed by atoms with Crippen molar-refractivity contribution in [1.82, 2.24) is 9.78 Å². The van der Waals surface area contributed by atoms with Gasteiger partial charge in [-0.3, -0.25) is 9.48 Å². The molecule has 0 aliphatic carbocycles. The maximum Gasteiger partial charge on any atom is 0.304 e. The first kappa shape index (κ1) is 11.6. The lowest BCUT2D eigenvalue weighted by Crippen LogP contribution is -1.98. The molecule has 5 nitrogen and oxygen atoms in total. The first-order chi connectivity index (χ1) is 7.06. The van der Waals surface area contributed by atoms with Crippen LogP contribution in [0.5, 0.6) is 0 Å². The van der Waals surface area contributed by atoms with Crippen molar-refractivity contribution in [2.45, 2.75) is 18.4 Å². The second-order valence-corrected chi connectivity index (χ2v) is 4.08. The largest absolute Gasteiger partial charge is 0.481 e. The van der Waals surface area contributed by atoms with Crippen molar-refractivity contribution >= 4 is 17.7 Å². The second kappa shape index (κ2) is 4.84. The van der Waals surface area contributed by atoms with Crippen molar-refractivity contribution in [3.05, 3.63) is 11.3 Å². The third-order valence-corrected chi connectivity index (χ3v) is 2.99. The minimum absolute atomic E-state index is 0.0831. The molecule has 0 aromatic carbocycles. The van der Waals surface area contributed by atoms with Crippen LogP contribution >= 0.6 is 11.8 Å². The van der Waals surface area contributed by atoms with Crippen molar-refractivity contribution in [1.29, 1.82) is 5.26 Å². The Labute approximate surface area is 91.7 Å². The monoisotopic (exact) mass is 225 g/mol. The molecule has 80 valence electrons. The number of nitrogens with zero attached hydrogens (tertiary/aromatic N) is 3. The first-order valence-electron chi connectivity index (χ1n) is 4.34. The molecule has 0 atom stereocenters. The SMILES string of the molecule is Cc1nn(C)c(SCCC(=O)O)c1C#N. The number of carbonyl (C=O) groups is 1. The molecule has 0 saturated heterocycles. The zero-order valence-corrected chi connectivity index (χ0v) is 9.34. The van der Waals surface area contributed by atoms with Crippen LogP contribution in [0, 0.1) is 18.3 Å². The topological polar surface area (TPSA) is 78.9 Å². The van der Waals surface area contributed by atoms with E-state index in [0.717, 1.165) is 5.03 Å². The van der Waals surface area contributed by atoms with Crippen LogP contribution in [0.3, 0.4) is 0 Å². The summed E-state index contributed by atoms with van der Waals surface area (Å²) in [6.07, 6.45) is 0.0831. The number of carboxylic acid groups (broad SMARTS) is 1. The third kappa shape index (κ3) is 2.73. The van der Waals surface area contributed by atoms with Crippen molar-refractivity contribution < 1.29 is 9.90 Å². The number of thioether (sulfide) groups is 1. The van der Waals surface area contributed by atoms with Gasteiger partial charge in [0.05, 0.1) is 12.1 Å². The lowest BCUT2D eigenvalue weighted by molar-refractivity contribution is -0.136. The van der Waals surface area contributed by atoms with E-state index in [1.165, 1.54) is 11.8 Å². The number of nitriles is 1. The predicted molar refractivity (Wildman–Crippen MR) is 55.6 cm³/mol. The zero-order chi connectivity index (χ0) is 11.4. The van der Waals surface area contributed by atoms with Crippen LogP contribution in [0.2, 0.25) is 0 Å².